The van der Waals surface area contributed by atoms with Crippen LogP contribution >= 0.6 is 0 Å². The first-order valence-corrected chi connectivity index (χ1v) is 8.11. The second-order valence-corrected chi connectivity index (χ2v) is 6.07. The van der Waals surface area contributed by atoms with Crippen LogP contribution in [-0.2, 0) is 0 Å². The van der Waals surface area contributed by atoms with Gasteiger partial charge in [-0.1, -0.05) is 12.1 Å². The summed E-state index contributed by atoms with van der Waals surface area (Å²) in [6.07, 6.45) is 3.11. The van der Waals surface area contributed by atoms with Crippen LogP contribution in [0.25, 0.3) is 5.65 Å². The predicted molar refractivity (Wildman–Crippen MR) is 102 cm³/mol. The lowest BCUT2D eigenvalue weighted by Crippen LogP contribution is -2.20. The molecule has 27 heavy (non-hydrogen) atoms. The summed E-state index contributed by atoms with van der Waals surface area (Å²) < 4.78 is 1.68. The number of aryl methyl sites for hydroxylation is 1. The summed E-state index contributed by atoms with van der Waals surface area (Å²) in [6.45, 7) is 1.75. The molecule has 0 radical (unpaired) electrons. The Balaban J connectivity index is 1.81. The minimum absolute atomic E-state index is 0.0343. The lowest BCUT2D eigenvalue weighted by Gasteiger charge is -2.12. The van der Waals surface area contributed by atoms with Crippen molar-refractivity contribution in [1.82, 2.24) is 14.8 Å². The Hall–Kier alpha value is -3.75. The largest absolute Gasteiger partial charge is 0.372 e. The van der Waals surface area contributed by atoms with Gasteiger partial charge in [-0.05, 0) is 25.1 Å². The van der Waals surface area contributed by atoms with Gasteiger partial charge in [-0.25, -0.2) is 10.4 Å². The lowest BCUT2D eigenvalue weighted by atomic mass is 10.2. The number of nitrogens with one attached hydrogen (secondary N) is 1. The number of anilines is 1. The van der Waals surface area contributed by atoms with E-state index in [-0.39, 0.29) is 5.69 Å². The first-order chi connectivity index (χ1) is 12.9. The average molecular weight is 366 g/mol. The van der Waals surface area contributed by atoms with Gasteiger partial charge in [-0.2, -0.15) is 5.10 Å². The van der Waals surface area contributed by atoms with Gasteiger partial charge in [0.15, 0.2) is 0 Å². The summed E-state index contributed by atoms with van der Waals surface area (Å²) in [5, 5.41) is 15.2. The molecule has 2 aromatic heterocycles. The summed E-state index contributed by atoms with van der Waals surface area (Å²) in [5.74, 6) is -0.415. The van der Waals surface area contributed by atoms with Crippen molar-refractivity contribution in [1.29, 1.82) is 0 Å². The normalized spacial score (nSPS) is 11.1. The molecule has 0 saturated heterocycles. The highest BCUT2D eigenvalue weighted by Crippen LogP contribution is 2.27. The molecule has 0 aliphatic rings. The Morgan fingerprint density at radius 2 is 2.11 bits per heavy atom. The van der Waals surface area contributed by atoms with Gasteiger partial charge in [0.05, 0.1) is 16.8 Å². The summed E-state index contributed by atoms with van der Waals surface area (Å²) in [6, 6.07) is 10.2. The van der Waals surface area contributed by atoms with Crippen molar-refractivity contribution < 1.29 is 9.72 Å². The third-order valence-corrected chi connectivity index (χ3v) is 3.98. The molecule has 1 amide bonds. The van der Waals surface area contributed by atoms with Gasteiger partial charge in [-0.3, -0.25) is 19.3 Å². The standard InChI is InChI=1S/C18H18N6O3/c1-12-17(23-9-5-4-6-16(23)20-12)18(25)21-19-11-13-7-8-14(22(2)3)15(10-13)24(26)27/h4-11H,1-3H3,(H,21,25)/b19-11-. The fourth-order valence-electron chi connectivity index (χ4n) is 2.75. The van der Waals surface area contributed by atoms with E-state index in [0.717, 1.165) is 0 Å². The Kier molecular flexibility index (Phi) is 4.84. The molecular formula is C18H18N6O3. The maximum absolute atomic E-state index is 12.4. The van der Waals surface area contributed by atoms with Crippen LogP contribution in [0.4, 0.5) is 11.4 Å². The molecule has 0 spiro atoms. The molecule has 3 rings (SSSR count). The molecule has 9 nitrogen and oxygen atoms in total. The van der Waals surface area contributed by atoms with Gasteiger partial charge < -0.3 is 4.90 Å². The summed E-state index contributed by atoms with van der Waals surface area (Å²) in [7, 11) is 3.46. The van der Waals surface area contributed by atoms with E-state index >= 15 is 0 Å². The van der Waals surface area contributed by atoms with E-state index in [2.05, 4.69) is 15.5 Å². The smallest absolute Gasteiger partial charge is 0.293 e. The van der Waals surface area contributed by atoms with Crippen molar-refractivity contribution in [3.63, 3.8) is 0 Å². The van der Waals surface area contributed by atoms with Crippen molar-refractivity contribution in [2.24, 2.45) is 5.10 Å². The molecule has 1 N–H and O–H groups in total. The zero-order valence-electron chi connectivity index (χ0n) is 15.1. The van der Waals surface area contributed by atoms with Crippen LogP contribution in [0.2, 0.25) is 0 Å². The molecular weight excluding hydrogens is 348 g/mol. The van der Waals surface area contributed by atoms with Crippen molar-refractivity contribution in [2.45, 2.75) is 6.92 Å². The summed E-state index contributed by atoms with van der Waals surface area (Å²) in [5.41, 5.74) is 5.03. The molecule has 0 bridgehead atoms. The van der Waals surface area contributed by atoms with Gasteiger partial charge in [-0.15, -0.1) is 0 Å². The van der Waals surface area contributed by atoms with Crippen LogP contribution in [0.1, 0.15) is 21.7 Å². The summed E-state index contributed by atoms with van der Waals surface area (Å²) in [4.78, 5) is 29.2. The zero-order valence-corrected chi connectivity index (χ0v) is 15.1. The molecule has 2 heterocycles. The molecule has 138 valence electrons. The van der Waals surface area contributed by atoms with Crippen LogP contribution in [0.3, 0.4) is 0 Å². The third-order valence-electron chi connectivity index (χ3n) is 3.98. The molecule has 0 aliphatic heterocycles. The monoisotopic (exact) mass is 366 g/mol. The number of rotatable bonds is 5. The molecule has 0 fully saturated rings. The maximum Gasteiger partial charge on any atom is 0.293 e. The molecule has 0 saturated carbocycles. The number of hydrogen-bond acceptors (Lipinski definition) is 6. The third kappa shape index (κ3) is 3.61. The minimum Gasteiger partial charge on any atom is -0.372 e. The first-order valence-electron chi connectivity index (χ1n) is 8.11. The van der Waals surface area contributed by atoms with Gasteiger partial charge in [0.25, 0.3) is 11.6 Å². The molecule has 3 aromatic rings. The van der Waals surface area contributed by atoms with Gasteiger partial charge in [0.1, 0.15) is 17.0 Å². The molecule has 0 aliphatic carbocycles. The Labute approximate surface area is 155 Å². The molecule has 9 heteroatoms. The van der Waals surface area contributed by atoms with Crippen LogP contribution in [-0.4, -0.2) is 40.5 Å². The number of benzene rings is 1. The number of carbonyl (C=O) groups excluding carboxylic acids is 1. The topological polar surface area (TPSA) is 105 Å². The van der Waals surface area contributed by atoms with Crippen LogP contribution in [0.5, 0.6) is 0 Å². The fraction of sp³-hybridized carbons (Fsp3) is 0.167. The highest BCUT2D eigenvalue weighted by atomic mass is 16.6. The number of amides is 1. The van der Waals surface area contributed by atoms with Crippen molar-refractivity contribution >= 4 is 29.1 Å². The Bertz CT molecular complexity index is 1050. The van der Waals surface area contributed by atoms with Crippen LogP contribution < -0.4 is 10.3 Å². The van der Waals surface area contributed by atoms with E-state index in [4.69, 9.17) is 0 Å². The number of carbonyl (C=O) groups is 1. The molecule has 0 atom stereocenters. The number of fused-ring (bicyclic) bond motifs is 1. The van der Waals surface area contributed by atoms with E-state index in [1.165, 1.54) is 12.3 Å². The van der Waals surface area contributed by atoms with Crippen LogP contribution in [0, 0.1) is 17.0 Å². The Morgan fingerprint density at radius 1 is 1.33 bits per heavy atom. The molecule has 1 aromatic carbocycles. The van der Waals surface area contributed by atoms with Gasteiger partial charge >= 0.3 is 0 Å². The van der Waals surface area contributed by atoms with Crippen molar-refractivity contribution in [3.05, 3.63) is 69.7 Å². The molecule has 0 unspecified atom stereocenters. The van der Waals surface area contributed by atoms with E-state index in [0.29, 0.717) is 28.3 Å². The number of nitro groups is 1. The van der Waals surface area contributed by atoms with E-state index in [1.54, 1.807) is 60.8 Å². The van der Waals surface area contributed by atoms with Crippen molar-refractivity contribution in [3.8, 4) is 0 Å². The number of pyridine rings is 1. The van der Waals surface area contributed by atoms with E-state index < -0.39 is 10.8 Å². The van der Waals surface area contributed by atoms with E-state index in [1.807, 2.05) is 6.07 Å². The number of nitro benzene ring substituents is 1. The zero-order chi connectivity index (χ0) is 19.6. The second kappa shape index (κ2) is 7.24. The lowest BCUT2D eigenvalue weighted by molar-refractivity contribution is -0.384. The Morgan fingerprint density at radius 3 is 2.81 bits per heavy atom. The highest BCUT2D eigenvalue weighted by molar-refractivity contribution is 5.95. The second-order valence-electron chi connectivity index (χ2n) is 6.07. The quantitative estimate of drug-likeness (QED) is 0.424. The predicted octanol–water partition coefficient (Wildman–Crippen LogP) is 2.38. The number of nitrogens with zero attached hydrogens (tertiary/aromatic N) is 5. The van der Waals surface area contributed by atoms with Gasteiger partial charge in [0, 0.05) is 31.9 Å². The minimum atomic E-state index is -0.451. The average Bonchev–Trinajstić information content (AvgIpc) is 2.97. The van der Waals surface area contributed by atoms with Crippen molar-refractivity contribution in [2.75, 3.05) is 19.0 Å². The number of hydrazone groups is 1. The highest BCUT2D eigenvalue weighted by Gasteiger charge is 2.17. The number of imidazole rings is 1. The maximum atomic E-state index is 12.4. The number of hydrogen-bond donors (Lipinski definition) is 1. The van der Waals surface area contributed by atoms with Gasteiger partial charge in [0.2, 0.25) is 0 Å². The SMILES string of the molecule is Cc1nc2ccccn2c1C(=O)N/N=C\c1ccc(N(C)C)c([N+](=O)[O-])c1. The first kappa shape index (κ1) is 18.1. The number of aromatic nitrogens is 2. The van der Waals surface area contributed by atoms with E-state index in [9.17, 15) is 14.9 Å². The fourth-order valence-corrected chi connectivity index (χ4v) is 2.75. The summed E-state index contributed by atoms with van der Waals surface area (Å²) >= 11 is 0. The van der Waals surface area contributed by atoms with Crippen LogP contribution in [0.15, 0.2) is 47.7 Å².